The molecule has 0 radical (unpaired) electrons. The molecule has 0 aliphatic carbocycles. The zero-order chi connectivity index (χ0) is 16.5. The van der Waals surface area contributed by atoms with Crippen LogP contribution in [0.5, 0.6) is 0 Å². The highest BCUT2D eigenvalue weighted by molar-refractivity contribution is 5.98. The fourth-order valence-corrected chi connectivity index (χ4v) is 3.16. The van der Waals surface area contributed by atoms with Crippen LogP contribution in [0.15, 0.2) is 72.9 Å². The molecule has 0 aliphatic heterocycles. The third-order valence-corrected chi connectivity index (χ3v) is 4.31. The Balaban J connectivity index is 1.90. The Morgan fingerprint density at radius 2 is 1.58 bits per heavy atom. The van der Waals surface area contributed by atoms with Gasteiger partial charge in [-0.05, 0) is 41.8 Å². The van der Waals surface area contributed by atoms with Crippen molar-refractivity contribution in [3.63, 3.8) is 0 Å². The molecule has 0 spiro atoms. The fourth-order valence-electron chi connectivity index (χ4n) is 3.16. The van der Waals surface area contributed by atoms with Crippen molar-refractivity contribution in [3.05, 3.63) is 84.3 Å². The molecule has 0 unspecified atom stereocenters. The number of hydrogen-bond acceptors (Lipinski definition) is 2. The Morgan fingerprint density at radius 3 is 2.38 bits per heavy atom. The lowest BCUT2D eigenvalue weighted by atomic mass is 9.97. The van der Waals surface area contributed by atoms with E-state index in [1.165, 1.54) is 21.9 Å². The number of aromatic nitrogens is 2. The maximum absolute atomic E-state index is 4.62. The van der Waals surface area contributed by atoms with Crippen LogP contribution in [0.4, 0.5) is 0 Å². The standard InChI is InChI=1S/C22H18N2/c1-15-14-23-22(16(2)24-15)21-10-6-9-19-13-18(11-12-20(19)21)17-7-4-3-5-8-17/h3-14H,1-2H3. The van der Waals surface area contributed by atoms with E-state index in [4.69, 9.17) is 0 Å². The molecule has 0 N–H and O–H groups in total. The molecule has 0 saturated heterocycles. The normalized spacial score (nSPS) is 10.9. The smallest absolute Gasteiger partial charge is 0.0920 e. The van der Waals surface area contributed by atoms with Gasteiger partial charge in [-0.1, -0.05) is 60.7 Å². The number of rotatable bonds is 2. The lowest BCUT2D eigenvalue weighted by Crippen LogP contribution is -1.95. The number of nitrogens with zero attached hydrogens (tertiary/aromatic N) is 2. The first-order valence-corrected chi connectivity index (χ1v) is 8.11. The van der Waals surface area contributed by atoms with E-state index in [2.05, 4.69) is 70.6 Å². The van der Waals surface area contributed by atoms with E-state index in [1.54, 1.807) is 0 Å². The fraction of sp³-hybridized carbons (Fsp3) is 0.0909. The van der Waals surface area contributed by atoms with E-state index < -0.39 is 0 Å². The summed E-state index contributed by atoms with van der Waals surface area (Å²) in [6.45, 7) is 3.99. The second-order valence-corrected chi connectivity index (χ2v) is 6.05. The van der Waals surface area contributed by atoms with Gasteiger partial charge in [-0.3, -0.25) is 9.97 Å². The largest absolute Gasteiger partial charge is 0.255 e. The Hall–Kier alpha value is -3.00. The van der Waals surface area contributed by atoms with Crippen LogP contribution in [0.1, 0.15) is 11.4 Å². The van der Waals surface area contributed by atoms with Crippen LogP contribution in [0.3, 0.4) is 0 Å². The van der Waals surface area contributed by atoms with E-state index in [9.17, 15) is 0 Å². The maximum atomic E-state index is 4.62. The lowest BCUT2D eigenvalue weighted by molar-refractivity contribution is 1.06. The lowest BCUT2D eigenvalue weighted by Gasteiger charge is -2.10. The van der Waals surface area contributed by atoms with Gasteiger partial charge in [-0.25, -0.2) is 0 Å². The van der Waals surface area contributed by atoms with Gasteiger partial charge in [0.1, 0.15) is 0 Å². The van der Waals surface area contributed by atoms with E-state index >= 15 is 0 Å². The van der Waals surface area contributed by atoms with Crippen molar-refractivity contribution in [2.24, 2.45) is 0 Å². The van der Waals surface area contributed by atoms with Crippen molar-refractivity contribution in [2.75, 3.05) is 0 Å². The van der Waals surface area contributed by atoms with Gasteiger partial charge >= 0.3 is 0 Å². The van der Waals surface area contributed by atoms with Crippen LogP contribution >= 0.6 is 0 Å². The molecule has 0 bridgehead atoms. The number of hydrogen-bond donors (Lipinski definition) is 0. The molecule has 4 aromatic rings. The van der Waals surface area contributed by atoms with Crippen molar-refractivity contribution in [1.82, 2.24) is 9.97 Å². The molecule has 3 aromatic carbocycles. The van der Waals surface area contributed by atoms with Crippen molar-refractivity contribution in [2.45, 2.75) is 13.8 Å². The van der Waals surface area contributed by atoms with Gasteiger partial charge < -0.3 is 0 Å². The van der Waals surface area contributed by atoms with Gasteiger partial charge in [0.15, 0.2) is 0 Å². The second-order valence-electron chi connectivity index (χ2n) is 6.05. The molecule has 24 heavy (non-hydrogen) atoms. The minimum atomic E-state index is 0.947. The van der Waals surface area contributed by atoms with Gasteiger partial charge in [-0.2, -0.15) is 0 Å². The Kier molecular flexibility index (Phi) is 3.58. The Labute approximate surface area is 141 Å². The summed E-state index contributed by atoms with van der Waals surface area (Å²) >= 11 is 0. The van der Waals surface area contributed by atoms with Crippen LogP contribution in [0.25, 0.3) is 33.2 Å². The number of benzene rings is 3. The first kappa shape index (κ1) is 14.6. The molecule has 0 aliphatic rings. The van der Waals surface area contributed by atoms with Crippen LogP contribution in [-0.2, 0) is 0 Å². The average molecular weight is 310 g/mol. The molecule has 0 amide bonds. The zero-order valence-corrected chi connectivity index (χ0v) is 13.8. The highest BCUT2D eigenvalue weighted by Crippen LogP contribution is 2.31. The van der Waals surface area contributed by atoms with Crippen molar-refractivity contribution in [1.29, 1.82) is 0 Å². The summed E-state index contributed by atoms with van der Waals surface area (Å²) in [5, 5.41) is 2.43. The Bertz CT molecular complexity index is 1020. The predicted octanol–water partition coefficient (Wildman–Crippen LogP) is 5.58. The van der Waals surface area contributed by atoms with Crippen LogP contribution in [0, 0.1) is 13.8 Å². The molecule has 4 rings (SSSR count). The minimum absolute atomic E-state index is 0.947. The Morgan fingerprint density at radius 1 is 0.750 bits per heavy atom. The van der Waals surface area contributed by atoms with E-state index in [1.807, 2.05) is 26.1 Å². The van der Waals surface area contributed by atoms with E-state index in [0.717, 1.165) is 22.6 Å². The summed E-state index contributed by atoms with van der Waals surface area (Å²) in [4.78, 5) is 9.18. The summed E-state index contributed by atoms with van der Waals surface area (Å²) in [5.41, 5.74) is 6.47. The highest BCUT2D eigenvalue weighted by atomic mass is 14.8. The molecule has 2 nitrogen and oxygen atoms in total. The van der Waals surface area contributed by atoms with E-state index in [-0.39, 0.29) is 0 Å². The van der Waals surface area contributed by atoms with Gasteiger partial charge in [-0.15, -0.1) is 0 Å². The molecule has 0 atom stereocenters. The molecule has 0 saturated carbocycles. The van der Waals surface area contributed by atoms with E-state index in [0.29, 0.717) is 0 Å². The summed E-state index contributed by atoms with van der Waals surface area (Å²) in [6.07, 6.45) is 1.83. The van der Waals surface area contributed by atoms with Crippen molar-refractivity contribution < 1.29 is 0 Å². The quantitative estimate of drug-likeness (QED) is 0.483. The number of fused-ring (bicyclic) bond motifs is 1. The number of aryl methyl sites for hydroxylation is 2. The summed E-state index contributed by atoms with van der Waals surface area (Å²) in [7, 11) is 0. The van der Waals surface area contributed by atoms with Gasteiger partial charge in [0.25, 0.3) is 0 Å². The minimum Gasteiger partial charge on any atom is -0.255 e. The molecule has 0 fully saturated rings. The van der Waals surface area contributed by atoms with Gasteiger partial charge in [0.05, 0.1) is 17.1 Å². The summed E-state index contributed by atoms with van der Waals surface area (Å²) < 4.78 is 0. The van der Waals surface area contributed by atoms with Crippen LogP contribution < -0.4 is 0 Å². The zero-order valence-electron chi connectivity index (χ0n) is 13.8. The molecule has 1 heterocycles. The molecular weight excluding hydrogens is 292 g/mol. The van der Waals surface area contributed by atoms with Crippen molar-refractivity contribution in [3.8, 4) is 22.4 Å². The summed E-state index contributed by atoms with van der Waals surface area (Å²) in [5.74, 6) is 0. The third-order valence-electron chi connectivity index (χ3n) is 4.31. The first-order chi connectivity index (χ1) is 11.7. The SMILES string of the molecule is Cc1cnc(-c2cccc3cc(-c4ccccc4)ccc23)c(C)n1. The van der Waals surface area contributed by atoms with Crippen LogP contribution in [-0.4, -0.2) is 9.97 Å². The molecule has 1 aromatic heterocycles. The highest BCUT2D eigenvalue weighted by Gasteiger charge is 2.10. The van der Waals surface area contributed by atoms with Gasteiger partial charge in [0.2, 0.25) is 0 Å². The molecule has 116 valence electrons. The second kappa shape index (κ2) is 5.89. The summed E-state index contributed by atoms with van der Waals surface area (Å²) in [6, 6.07) is 23.4. The predicted molar refractivity (Wildman–Crippen MR) is 99.9 cm³/mol. The first-order valence-electron chi connectivity index (χ1n) is 8.11. The average Bonchev–Trinajstić information content (AvgIpc) is 2.62. The topological polar surface area (TPSA) is 25.8 Å². The molecule has 2 heteroatoms. The van der Waals surface area contributed by atoms with Gasteiger partial charge in [0, 0.05) is 11.8 Å². The monoisotopic (exact) mass is 310 g/mol. The molecular formula is C22H18N2. The van der Waals surface area contributed by atoms with Crippen LogP contribution in [0.2, 0.25) is 0 Å². The third kappa shape index (κ3) is 2.56. The van der Waals surface area contributed by atoms with Crippen molar-refractivity contribution >= 4 is 10.8 Å². The maximum Gasteiger partial charge on any atom is 0.0920 e.